The Balaban J connectivity index is 2.23. The van der Waals surface area contributed by atoms with Crippen molar-refractivity contribution in [3.05, 3.63) is 59.7 Å². The number of benzene rings is 2. The Bertz CT molecular complexity index is 610. The van der Waals surface area contributed by atoms with Gasteiger partial charge in [-0.2, -0.15) is 0 Å². The third-order valence-corrected chi connectivity index (χ3v) is 3.10. The predicted octanol–water partition coefficient (Wildman–Crippen LogP) is 3.03. The van der Waals surface area contributed by atoms with Gasteiger partial charge in [-0.05, 0) is 29.8 Å². The van der Waals surface area contributed by atoms with Gasteiger partial charge in [0.1, 0.15) is 5.75 Å². The van der Waals surface area contributed by atoms with Crippen molar-refractivity contribution in [1.29, 1.82) is 0 Å². The first-order valence-electron chi connectivity index (χ1n) is 6.28. The molecule has 0 heterocycles. The second-order valence-corrected chi connectivity index (χ2v) is 4.53. The molecule has 0 atom stereocenters. The van der Waals surface area contributed by atoms with E-state index in [4.69, 9.17) is 4.74 Å². The standard InChI is InChI=1S/C16H17NO3/c1-17(11-12-6-5-7-13(10-12)20-2)15-9-4-3-8-14(15)16(18)19/h3-10H,11H2,1-2H3,(H,18,19). The molecule has 2 aromatic carbocycles. The normalized spacial score (nSPS) is 10.1. The molecular formula is C16H17NO3. The monoisotopic (exact) mass is 271 g/mol. The number of carboxylic acids is 1. The van der Waals surface area contributed by atoms with Crippen LogP contribution >= 0.6 is 0 Å². The summed E-state index contributed by atoms with van der Waals surface area (Å²) in [6.07, 6.45) is 0. The molecular weight excluding hydrogens is 254 g/mol. The maximum absolute atomic E-state index is 11.2. The molecule has 4 nitrogen and oxygen atoms in total. The Hall–Kier alpha value is -2.49. The first kappa shape index (κ1) is 13.9. The van der Waals surface area contributed by atoms with E-state index >= 15 is 0 Å². The highest BCUT2D eigenvalue weighted by atomic mass is 16.5. The van der Waals surface area contributed by atoms with E-state index in [2.05, 4.69) is 0 Å². The van der Waals surface area contributed by atoms with Crippen LogP contribution in [0.1, 0.15) is 15.9 Å². The summed E-state index contributed by atoms with van der Waals surface area (Å²) in [5.74, 6) is -0.125. The van der Waals surface area contributed by atoms with Crippen molar-refractivity contribution >= 4 is 11.7 Å². The molecule has 0 unspecified atom stereocenters. The SMILES string of the molecule is COc1cccc(CN(C)c2ccccc2C(=O)O)c1. The Labute approximate surface area is 118 Å². The average molecular weight is 271 g/mol. The maximum Gasteiger partial charge on any atom is 0.337 e. The van der Waals surface area contributed by atoms with Crippen LogP contribution in [-0.4, -0.2) is 25.2 Å². The van der Waals surface area contributed by atoms with Crippen LogP contribution in [0.3, 0.4) is 0 Å². The molecule has 0 radical (unpaired) electrons. The van der Waals surface area contributed by atoms with Gasteiger partial charge >= 0.3 is 5.97 Å². The molecule has 0 aromatic heterocycles. The van der Waals surface area contributed by atoms with Crippen molar-refractivity contribution in [2.24, 2.45) is 0 Å². The smallest absolute Gasteiger partial charge is 0.337 e. The number of hydrogen-bond acceptors (Lipinski definition) is 3. The van der Waals surface area contributed by atoms with Crippen molar-refractivity contribution in [2.75, 3.05) is 19.1 Å². The number of carbonyl (C=O) groups is 1. The van der Waals surface area contributed by atoms with Crippen LogP contribution in [0.25, 0.3) is 0 Å². The van der Waals surface area contributed by atoms with Crippen LogP contribution in [-0.2, 0) is 6.54 Å². The lowest BCUT2D eigenvalue weighted by molar-refractivity contribution is 0.0697. The highest BCUT2D eigenvalue weighted by Gasteiger charge is 2.12. The van der Waals surface area contributed by atoms with E-state index in [-0.39, 0.29) is 0 Å². The lowest BCUT2D eigenvalue weighted by Gasteiger charge is -2.21. The first-order chi connectivity index (χ1) is 9.61. The number of para-hydroxylation sites is 1. The van der Waals surface area contributed by atoms with Crippen LogP contribution < -0.4 is 9.64 Å². The Kier molecular flexibility index (Phi) is 4.25. The molecule has 104 valence electrons. The fourth-order valence-electron chi connectivity index (χ4n) is 2.12. The summed E-state index contributed by atoms with van der Waals surface area (Å²) in [5.41, 5.74) is 2.06. The van der Waals surface area contributed by atoms with Gasteiger partial charge in [0.05, 0.1) is 18.4 Å². The van der Waals surface area contributed by atoms with Gasteiger partial charge in [0.25, 0.3) is 0 Å². The molecule has 0 amide bonds. The van der Waals surface area contributed by atoms with E-state index in [1.165, 1.54) is 0 Å². The molecule has 0 aliphatic heterocycles. The largest absolute Gasteiger partial charge is 0.497 e. The lowest BCUT2D eigenvalue weighted by atomic mass is 10.1. The molecule has 1 N–H and O–H groups in total. The number of carboxylic acid groups (broad SMARTS) is 1. The molecule has 0 bridgehead atoms. The quantitative estimate of drug-likeness (QED) is 0.908. The summed E-state index contributed by atoms with van der Waals surface area (Å²) >= 11 is 0. The number of ether oxygens (including phenoxy) is 1. The van der Waals surface area contributed by atoms with Crippen LogP contribution in [0.2, 0.25) is 0 Å². The number of rotatable bonds is 5. The van der Waals surface area contributed by atoms with E-state index in [0.717, 1.165) is 11.3 Å². The van der Waals surface area contributed by atoms with Crippen molar-refractivity contribution in [3.63, 3.8) is 0 Å². The van der Waals surface area contributed by atoms with Gasteiger partial charge in [0.15, 0.2) is 0 Å². The molecule has 0 spiro atoms. The second kappa shape index (κ2) is 6.10. The summed E-state index contributed by atoms with van der Waals surface area (Å²) in [7, 11) is 3.50. The third kappa shape index (κ3) is 3.09. The topological polar surface area (TPSA) is 49.8 Å². The maximum atomic E-state index is 11.2. The van der Waals surface area contributed by atoms with Crippen molar-refractivity contribution in [2.45, 2.75) is 6.54 Å². The molecule has 2 rings (SSSR count). The third-order valence-electron chi connectivity index (χ3n) is 3.10. The average Bonchev–Trinajstić information content (AvgIpc) is 2.47. The summed E-state index contributed by atoms with van der Waals surface area (Å²) in [5, 5.41) is 9.22. The van der Waals surface area contributed by atoms with Gasteiger partial charge in [0.2, 0.25) is 0 Å². The van der Waals surface area contributed by atoms with E-state index < -0.39 is 5.97 Å². The van der Waals surface area contributed by atoms with E-state index in [1.54, 1.807) is 19.2 Å². The van der Waals surface area contributed by atoms with Crippen LogP contribution in [0.4, 0.5) is 5.69 Å². The van der Waals surface area contributed by atoms with Crippen LogP contribution in [0.5, 0.6) is 5.75 Å². The van der Waals surface area contributed by atoms with Gasteiger partial charge in [0, 0.05) is 13.6 Å². The second-order valence-electron chi connectivity index (χ2n) is 4.53. The molecule has 0 fully saturated rings. The Morgan fingerprint density at radius 3 is 2.65 bits per heavy atom. The van der Waals surface area contributed by atoms with Gasteiger partial charge < -0.3 is 14.7 Å². The highest BCUT2D eigenvalue weighted by Crippen LogP contribution is 2.22. The van der Waals surface area contributed by atoms with Crippen molar-refractivity contribution in [3.8, 4) is 5.75 Å². The molecule has 4 heteroatoms. The van der Waals surface area contributed by atoms with Crippen LogP contribution in [0, 0.1) is 0 Å². The van der Waals surface area contributed by atoms with Gasteiger partial charge in [-0.1, -0.05) is 24.3 Å². The molecule has 0 saturated heterocycles. The zero-order valence-electron chi connectivity index (χ0n) is 11.5. The molecule has 2 aromatic rings. The molecule has 0 aliphatic rings. The fraction of sp³-hybridized carbons (Fsp3) is 0.188. The Morgan fingerprint density at radius 2 is 1.95 bits per heavy atom. The van der Waals surface area contributed by atoms with Crippen molar-refractivity contribution in [1.82, 2.24) is 0 Å². The van der Waals surface area contributed by atoms with Crippen molar-refractivity contribution < 1.29 is 14.6 Å². The van der Waals surface area contributed by atoms with E-state index in [9.17, 15) is 9.90 Å². The van der Waals surface area contributed by atoms with Gasteiger partial charge in [-0.15, -0.1) is 0 Å². The predicted molar refractivity (Wildman–Crippen MR) is 78.5 cm³/mol. The summed E-state index contributed by atoms with van der Waals surface area (Å²) in [6, 6.07) is 14.7. The van der Waals surface area contributed by atoms with E-state index in [0.29, 0.717) is 17.8 Å². The molecule has 0 saturated carbocycles. The summed E-state index contributed by atoms with van der Waals surface area (Å²) in [4.78, 5) is 13.1. The Morgan fingerprint density at radius 1 is 1.20 bits per heavy atom. The summed E-state index contributed by atoms with van der Waals surface area (Å²) in [6.45, 7) is 0.613. The minimum Gasteiger partial charge on any atom is -0.497 e. The van der Waals surface area contributed by atoms with Crippen LogP contribution in [0.15, 0.2) is 48.5 Å². The fourth-order valence-corrected chi connectivity index (χ4v) is 2.12. The minimum atomic E-state index is -0.918. The molecule has 20 heavy (non-hydrogen) atoms. The first-order valence-corrected chi connectivity index (χ1v) is 6.28. The number of hydrogen-bond donors (Lipinski definition) is 1. The zero-order chi connectivity index (χ0) is 14.5. The molecule has 0 aliphatic carbocycles. The number of methoxy groups -OCH3 is 1. The van der Waals surface area contributed by atoms with Gasteiger partial charge in [-0.3, -0.25) is 0 Å². The zero-order valence-corrected chi connectivity index (χ0v) is 11.5. The van der Waals surface area contributed by atoms with E-state index in [1.807, 2.05) is 48.3 Å². The van der Waals surface area contributed by atoms with Gasteiger partial charge in [-0.25, -0.2) is 4.79 Å². The number of anilines is 1. The summed E-state index contributed by atoms with van der Waals surface area (Å²) < 4.78 is 5.19. The minimum absolute atomic E-state index is 0.304. The lowest BCUT2D eigenvalue weighted by Crippen LogP contribution is -2.19. The number of nitrogens with zero attached hydrogens (tertiary/aromatic N) is 1. The number of aromatic carboxylic acids is 1. The highest BCUT2D eigenvalue weighted by molar-refractivity contribution is 5.94.